The van der Waals surface area contributed by atoms with Gasteiger partial charge in [0, 0.05) is 91.4 Å². The molecule has 3 saturated carbocycles. The highest BCUT2D eigenvalue weighted by Gasteiger charge is 2.39. The number of likely N-dealkylation sites (tertiary alicyclic amines) is 2. The van der Waals surface area contributed by atoms with Crippen molar-refractivity contribution in [1.29, 1.82) is 0 Å². The fourth-order valence-corrected chi connectivity index (χ4v) is 11.5. The molecule has 3 aliphatic heterocycles. The zero-order valence-corrected chi connectivity index (χ0v) is 45.3. The van der Waals surface area contributed by atoms with Crippen LogP contribution in [0.5, 0.6) is 0 Å². The van der Waals surface area contributed by atoms with E-state index in [-0.39, 0.29) is 85.1 Å². The first kappa shape index (κ1) is 63.7. The van der Waals surface area contributed by atoms with Crippen molar-refractivity contribution in [2.75, 3.05) is 39.3 Å². The van der Waals surface area contributed by atoms with Crippen LogP contribution in [0.4, 0.5) is 49.1 Å². The molecule has 0 bridgehead atoms. The highest BCUT2D eigenvalue weighted by atomic mass is 19.4. The first-order chi connectivity index (χ1) is 38.5. The van der Waals surface area contributed by atoms with Gasteiger partial charge >= 0.3 is 30.6 Å². The van der Waals surface area contributed by atoms with Crippen LogP contribution >= 0.6 is 0 Å². The first-order valence-electron chi connectivity index (χ1n) is 27.8. The number of carbonyl (C=O) groups is 2. The number of fused-ring (bicyclic) bond motifs is 3. The van der Waals surface area contributed by atoms with E-state index >= 15 is 0 Å². The van der Waals surface area contributed by atoms with Crippen LogP contribution in [-0.4, -0.2) is 100 Å². The van der Waals surface area contributed by atoms with E-state index in [9.17, 15) is 53.9 Å². The maximum absolute atomic E-state index is 13.3. The SMILES string of the molecule is C.C.CC1CNCC(c2ccc(C(F)(F)F)c3ncccc23)C1.C[C@@H]1CC(c2ccc(C(F)(F)F)c3ncccc23)CN(C(=O)NC2CC2)C1.C[C@@H]1C[C@@H](c2ccc(C(F)(F)F)c3ncccc23)CN(C(=O)NC2CC2)C1.O=C=NC1CC1. The number of isocyanates is 1. The Balaban J connectivity index is 0.000000169. The third-order valence-electron chi connectivity index (χ3n) is 15.7. The molecular formula is C62H74F9N9O3. The second-order valence-electron chi connectivity index (χ2n) is 22.8. The number of aromatic nitrogens is 3. The summed E-state index contributed by atoms with van der Waals surface area (Å²) in [6, 6.07) is 19.1. The average molecular weight is 1160 g/mol. The molecule has 0 radical (unpaired) electrons. The van der Waals surface area contributed by atoms with E-state index in [1.807, 2.05) is 0 Å². The monoisotopic (exact) mass is 1160 g/mol. The predicted molar refractivity (Wildman–Crippen MR) is 304 cm³/mol. The van der Waals surface area contributed by atoms with Gasteiger partial charge in [-0.1, -0.05) is 72.0 Å². The third-order valence-corrected chi connectivity index (χ3v) is 15.7. The number of piperidine rings is 3. The number of hydrogen-bond donors (Lipinski definition) is 3. The summed E-state index contributed by atoms with van der Waals surface area (Å²) in [5.41, 5.74) is 0.570. The number of benzene rings is 3. The van der Waals surface area contributed by atoms with Crippen LogP contribution in [0, 0.1) is 17.8 Å². The van der Waals surface area contributed by atoms with Gasteiger partial charge in [0.25, 0.3) is 0 Å². The van der Waals surface area contributed by atoms with Crippen LogP contribution < -0.4 is 16.0 Å². The van der Waals surface area contributed by atoms with Crippen LogP contribution in [0.25, 0.3) is 32.7 Å². The lowest BCUT2D eigenvalue weighted by atomic mass is 9.83. The van der Waals surface area contributed by atoms with E-state index in [4.69, 9.17) is 0 Å². The normalized spacial score (nSPS) is 22.6. The number of alkyl halides is 9. The van der Waals surface area contributed by atoms with E-state index in [0.29, 0.717) is 54.3 Å². The fourth-order valence-electron chi connectivity index (χ4n) is 11.5. The summed E-state index contributed by atoms with van der Waals surface area (Å²) < 4.78 is 119. The summed E-state index contributed by atoms with van der Waals surface area (Å²) in [5.74, 6) is 1.31. The molecule has 6 aromatic rings. The molecule has 6 fully saturated rings. The Morgan fingerprint density at radius 1 is 0.518 bits per heavy atom. The molecule has 3 saturated heterocycles. The Labute approximate surface area is 478 Å². The van der Waals surface area contributed by atoms with Gasteiger partial charge in [0.15, 0.2) is 0 Å². The van der Waals surface area contributed by atoms with Gasteiger partial charge in [0.1, 0.15) is 0 Å². The molecule has 83 heavy (non-hydrogen) atoms. The Morgan fingerprint density at radius 3 is 1.19 bits per heavy atom. The van der Waals surface area contributed by atoms with Gasteiger partial charge in [-0.2, -0.15) is 39.5 Å². The number of urea groups is 2. The predicted octanol–water partition coefficient (Wildman–Crippen LogP) is 14.8. The number of rotatable bonds is 6. The van der Waals surface area contributed by atoms with E-state index < -0.39 is 35.2 Å². The maximum Gasteiger partial charge on any atom is 0.418 e. The smallest absolute Gasteiger partial charge is 0.335 e. The Hall–Kier alpha value is -6.86. The molecule has 21 heteroatoms. The highest BCUT2D eigenvalue weighted by molar-refractivity contribution is 5.88. The van der Waals surface area contributed by atoms with E-state index in [2.05, 4.69) is 56.7 Å². The molecular weight excluding hydrogens is 1090 g/mol. The minimum absolute atomic E-state index is 0. The van der Waals surface area contributed by atoms with Crippen LogP contribution in [0.1, 0.15) is 145 Å². The Morgan fingerprint density at radius 2 is 0.880 bits per heavy atom. The molecule has 3 aromatic carbocycles. The van der Waals surface area contributed by atoms with Gasteiger partial charge in [0.05, 0.1) is 39.3 Å². The van der Waals surface area contributed by atoms with Crippen LogP contribution in [0.3, 0.4) is 0 Å². The lowest BCUT2D eigenvalue weighted by Crippen LogP contribution is -2.48. The molecule has 12 rings (SSSR count). The molecule has 3 N–H and O–H groups in total. The lowest BCUT2D eigenvalue weighted by Gasteiger charge is -2.37. The number of pyridine rings is 3. The first-order valence-corrected chi connectivity index (χ1v) is 27.8. The molecule has 6 aliphatic rings. The Kier molecular flexibility index (Phi) is 20.6. The molecule has 4 amide bonds. The standard InChI is InChI=1S/2C20H22F3N3O.C16H17F3N2.C4H5NO.2CH4/c2*1-12-9-13(11-26(10-12)19(27)25-14-4-5-14)15-6-7-17(20(21,22)23)18-16(15)3-2-8-24-18;1-10-7-11(9-20-8-10)12-4-5-14(16(17,18)19)15-13(12)3-2-6-21-15;6-3-5-4-1-2-4;;/h2*2-3,6-8,12-14H,4-5,9-11H2,1H3,(H,25,27);2-6,10-11,20H,7-9H2,1H3;4H,1-2H2;2*1H4/t12-,13?;12-,13-;;;;/m11..../s1. The summed E-state index contributed by atoms with van der Waals surface area (Å²) in [5, 5.41) is 11.0. The number of amides is 4. The topological polar surface area (TPSA) is 145 Å². The molecule has 3 aliphatic carbocycles. The van der Waals surface area contributed by atoms with E-state index in [0.717, 1.165) is 99.7 Å². The number of hydrogen-bond acceptors (Lipinski definition) is 8. The molecule has 12 nitrogen and oxygen atoms in total. The van der Waals surface area contributed by atoms with Crippen LogP contribution in [-0.2, 0) is 23.3 Å². The van der Waals surface area contributed by atoms with Gasteiger partial charge in [-0.05, 0) is 141 Å². The lowest BCUT2D eigenvalue weighted by molar-refractivity contribution is -0.137. The molecule has 448 valence electrons. The highest BCUT2D eigenvalue weighted by Crippen LogP contribution is 2.43. The average Bonchev–Trinajstić information content (AvgIpc) is 3.58. The number of carbonyl (C=O) groups excluding carboxylic acids is 3. The van der Waals surface area contributed by atoms with Crippen molar-refractivity contribution in [2.45, 2.75) is 148 Å². The molecule has 6 heterocycles. The van der Waals surface area contributed by atoms with Crippen molar-refractivity contribution < 1.29 is 53.9 Å². The molecule has 3 unspecified atom stereocenters. The van der Waals surface area contributed by atoms with Crippen molar-refractivity contribution in [3.8, 4) is 0 Å². The quantitative estimate of drug-likeness (QED) is 0.0855. The summed E-state index contributed by atoms with van der Waals surface area (Å²) >= 11 is 0. The summed E-state index contributed by atoms with van der Waals surface area (Å²) in [4.78, 5) is 53.4. The van der Waals surface area contributed by atoms with Gasteiger partial charge in [-0.3, -0.25) is 15.0 Å². The summed E-state index contributed by atoms with van der Waals surface area (Å²) in [6.45, 7) is 10.5. The number of nitrogens with zero attached hydrogens (tertiary/aromatic N) is 6. The zero-order valence-electron chi connectivity index (χ0n) is 45.3. The van der Waals surface area contributed by atoms with Gasteiger partial charge in [0.2, 0.25) is 6.08 Å². The Bertz CT molecular complexity index is 3100. The number of halogens is 9. The van der Waals surface area contributed by atoms with Gasteiger partial charge in [-0.15, -0.1) is 0 Å². The summed E-state index contributed by atoms with van der Waals surface area (Å²) in [7, 11) is 0. The van der Waals surface area contributed by atoms with Crippen molar-refractivity contribution >= 4 is 50.9 Å². The van der Waals surface area contributed by atoms with Crippen LogP contribution in [0.2, 0.25) is 0 Å². The molecule has 0 spiro atoms. The third kappa shape index (κ3) is 16.3. The fraction of sp³-hybridized carbons (Fsp3) is 0.516. The van der Waals surface area contributed by atoms with E-state index in [1.54, 1.807) is 64.4 Å². The molecule has 6 atom stereocenters. The number of aliphatic imine (C=N–C) groups is 1. The second-order valence-corrected chi connectivity index (χ2v) is 22.8. The largest absolute Gasteiger partial charge is 0.418 e. The maximum atomic E-state index is 13.3. The minimum atomic E-state index is -4.44. The van der Waals surface area contributed by atoms with Gasteiger partial charge in [-0.25, -0.2) is 19.4 Å². The van der Waals surface area contributed by atoms with Gasteiger partial charge < -0.3 is 25.8 Å². The summed E-state index contributed by atoms with van der Waals surface area (Å²) in [6.07, 6.45) is 1.38. The van der Waals surface area contributed by atoms with E-state index in [1.165, 1.54) is 30.7 Å². The van der Waals surface area contributed by atoms with Crippen molar-refractivity contribution in [1.82, 2.24) is 40.7 Å². The van der Waals surface area contributed by atoms with Crippen LogP contribution in [0.15, 0.2) is 96.4 Å². The van der Waals surface area contributed by atoms with Crippen molar-refractivity contribution in [3.63, 3.8) is 0 Å². The second kappa shape index (κ2) is 26.8. The van der Waals surface area contributed by atoms with Crippen molar-refractivity contribution in [2.24, 2.45) is 22.7 Å². The van der Waals surface area contributed by atoms with Crippen molar-refractivity contribution in [3.05, 3.63) is 125 Å². The zero-order chi connectivity index (χ0) is 57.8. The minimum Gasteiger partial charge on any atom is -0.335 e. The number of nitrogens with one attached hydrogen (secondary N) is 3. The molecule has 3 aromatic heterocycles.